The molecule has 1 heterocycles. The van der Waals surface area contributed by atoms with Crippen molar-refractivity contribution in [3.05, 3.63) is 51.5 Å². The van der Waals surface area contributed by atoms with Gasteiger partial charge in [0, 0.05) is 6.54 Å². The van der Waals surface area contributed by atoms with Gasteiger partial charge in [0.05, 0.1) is 52.8 Å². The molecule has 2 aliphatic rings. The normalized spacial score (nSPS) is 21.2. The van der Waals surface area contributed by atoms with Crippen molar-refractivity contribution in [3.8, 4) is 0 Å². The number of methoxy groups -OCH3 is 2. The van der Waals surface area contributed by atoms with Gasteiger partial charge in [-0.2, -0.15) is 0 Å². The maximum atomic E-state index is 13.9. The van der Waals surface area contributed by atoms with Crippen molar-refractivity contribution in [2.75, 3.05) is 20.8 Å². The topological polar surface area (TPSA) is 90.0 Å². The Morgan fingerprint density at radius 2 is 1.31 bits per heavy atom. The number of fused-ring (bicyclic) bond motifs is 1. The number of carbonyl (C=O) groups is 2. The first-order valence-corrected chi connectivity index (χ1v) is 20.2. The molecule has 2 atom stereocenters. The Morgan fingerprint density at radius 3 is 1.74 bits per heavy atom. The van der Waals surface area contributed by atoms with Gasteiger partial charge in [0.25, 0.3) is 10.0 Å². The summed E-state index contributed by atoms with van der Waals surface area (Å²) in [7, 11) is -5.81. The molecule has 1 aromatic carbocycles. The third-order valence-electron chi connectivity index (χ3n) is 6.77. The molecule has 2 unspecified atom stereocenters. The summed E-state index contributed by atoms with van der Waals surface area (Å²) in [4.78, 5) is 26.8. The molecule has 1 saturated heterocycles. The summed E-state index contributed by atoms with van der Waals surface area (Å²) < 4.78 is 39.8. The average molecular weight is 536 g/mol. The molecule has 3 rings (SSSR count). The van der Waals surface area contributed by atoms with Gasteiger partial charge in [-0.15, -0.1) is 0 Å². The van der Waals surface area contributed by atoms with E-state index in [0.29, 0.717) is 12.1 Å². The van der Waals surface area contributed by atoms with Crippen LogP contribution < -0.4 is 0 Å². The van der Waals surface area contributed by atoms with E-state index in [1.807, 2.05) is 6.92 Å². The fourth-order valence-electron chi connectivity index (χ4n) is 5.40. The third-order valence-corrected chi connectivity index (χ3v) is 13.0. The molecule has 192 valence electrons. The first kappa shape index (κ1) is 27.4. The van der Waals surface area contributed by atoms with Gasteiger partial charge in [-0.3, -0.25) is 13.9 Å². The van der Waals surface area contributed by atoms with Gasteiger partial charge < -0.3 is 9.47 Å². The summed E-state index contributed by atoms with van der Waals surface area (Å²) in [6, 6.07) is 6.82. The average Bonchev–Trinajstić information content (AvgIpc) is 3.20. The van der Waals surface area contributed by atoms with Crippen LogP contribution in [-0.2, 0) is 29.1 Å². The SMILES string of the molecule is COC(=O)C1C([Si](C)(C)C)=C2CCN(S(=O)(=O)c3ccc(C)cc3)C2=C([Si](C)(C)C)C1C(=O)OC. The van der Waals surface area contributed by atoms with Crippen molar-refractivity contribution < 1.29 is 27.5 Å². The fraction of sp³-hybridized carbons (Fsp3) is 0.520. The highest BCUT2D eigenvalue weighted by molar-refractivity contribution is 7.89. The highest BCUT2D eigenvalue weighted by Crippen LogP contribution is 2.52. The summed E-state index contributed by atoms with van der Waals surface area (Å²) in [5.41, 5.74) is 2.48. The van der Waals surface area contributed by atoms with E-state index in [-0.39, 0.29) is 11.4 Å². The van der Waals surface area contributed by atoms with Crippen LogP contribution in [0, 0.1) is 18.8 Å². The van der Waals surface area contributed by atoms with E-state index in [2.05, 4.69) is 39.3 Å². The molecule has 0 bridgehead atoms. The Morgan fingerprint density at radius 1 is 0.857 bits per heavy atom. The first-order valence-electron chi connectivity index (χ1n) is 11.8. The molecule has 1 aliphatic heterocycles. The molecule has 0 aromatic heterocycles. The number of hydrogen-bond acceptors (Lipinski definition) is 6. The van der Waals surface area contributed by atoms with Crippen LogP contribution in [-0.4, -0.2) is 61.6 Å². The summed E-state index contributed by atoms with van der Waals surface area (Å²) in [5, 5.41) is 1.63. The van der Waals surface area contributed by atoms with Crippen molar-refractivity contribution in [1.82, 2.24) is 4.31 Å². The zero-order valence-electron chi connectivity index (χ0n) is 22.2. The molecule has 7 nitrogen and oxygen atoms in total. The number of carbonyl (C=O) groups excluding carboxylic acids is 2. The Balaban J connectivity index is 2.44. The van der Waals surface area contributed by atoms with Crippen LogP contribution in [0.3, 0.4) is 0 Å². The Kier molecular flexibility index (Phi) is 7.33. The number of ether oxygens (including phenoxy) is 2. The molecular weight excluding hydrogens is 499 g/mol. The van der Waals surface area contributed by atoms with Crippen LogP contribution in [0.2, 0.25) is 39.3 Å². The van der Waals surface area contributed by atoms with Crippen LogP contribution in [0.1, 0.15) is 12.0 Å². The highest BCUT2D eigenvalue weighted by Gasteiger charge is 2.55. The molecule has 0 N–H and O–H groups in total. The van der Waals surface area contributed by atoms with Crippen LogP contribution >= 0.6 is 0 Å². The summed E-state index contributed by atoms with van der Waals surface area (Å²) in [5.74, 6) is -2.71. The minimum Gasteiger partial charge on any atom is -0.469 e. The van der Waals surface area contributed by atoms with Crippen molar-refractivity contribution in [1.29, 1.82) is 0 Å². The Bertz CT molecular complexity index is 1200. The third kappa shape index (κ3) is 4.80. The molecule has 0 amide bonds. The maximum absolute atomic E-state index is 13.9. The van der Waals surface area contributed by atoms with E-state index in [1.165, 1.54) is 18.5 Å². The molecule has 0 saturated carbocycles. The second-order valence-electron chi connectivity index (χ2n) is 11.3. The quantitative estimate of drug-likeness (QED) is 0.399. The number of nitrogens with zero attached hydrogens (tertiary/aromatic N) is 1. The highest BCUT2D eigenvalue weighted by atomic mass is 32.2. The second kappa shape index (κ2) is 9.36. The zero-order valence-corrected chi connectivity index (χ0v) is 25.0. The van der Waals surface area contributed by atoms with Gasteiger partial charge >= 0.3 is 11.9 Å². The van der Waals surface area contributed by atoms with E-state index < -0.39 is 49.9 Å². The number of rotatable bonds is 6. The summed E-state index contributed by atoms with van der Waals surface area (Å²) >= 11 is 0. The van der Waals surface area contributed by atoms with Crippen LogP contribution in [0.4, 0.5) is 0 Å². The van der Waals surface area contributed by atoms with Crippen LogP contribution in [0.5, 0.6) is 0 Å². The van der Waals surface area contributed by atoms with Gasteiger partial charge in [-0.1, -0.05) is 62.2 Å². The maximum Gasteiger partial charge on any atom is 0.313 e. The molecule has 0 spiro atoms. The number of allylic oxidation sites excluding steroid dienone is 1. The number of esters is 2. The van der Waals surface area contributed by atoms with E-state index in [1.54, 1.807) is 24.3 Å². The Labute approximate surface area is 211 Å². The number of hydrogen-bond donors (Lipinski definition) is 0. The number of aryl methyl sites for hydroxylation is 1. The molecule has 0 radical (unpaired) electrons. The lowest BCUT2D eigenvalue weighted by molar-refractivity contribution is -0.154. The lowest BCUT2D eigenvalue weighted by atomic mass is 9.83. The van der Waals surface area contributed by atoms with Crippen molar-refractivity contribution in [2.45, 2.75) is 57.5 Å². The van der Waals surface area contributed by atoms with Gasteiger partial charge in [0.15, 0.2) is 0 Å². The smallest absolute Gasteiger partial charge is 0.313 e. The van der Waals surface area contributed by atoms with E-state index in [9.17, 15) is 18.0 Å². The minimum absolute atomic E-state index is 0.214. The van der Waals surface area contributed by atoms with Gasteiger partial charge in [-0.05, 0) is 36.2 Å². The lowest BCUT2D eigenvalue weighted by Crippen LogP contribution is -2.50. The first-order chi connectivity index (χ1) is 16.1. The molecule has 10 heteroatoms. The molecule has 1 aliphatic carbocycles. The van der Waals surface area contributed by atoms with Crippen molar-refractivity contribution >= 4 is 38.1 Å². The monoisotopic (exact) mass is 535 g/mol. The van der Waals surface area contributed by atoms with Crippen molar-refractivity contribution in [3.63, 3.8) is 0 Å². The predicted molar refractivity (Wildman–Crippen MR) is 141 cm³/mol. The molecule has 35 heavy (non-hydrogen) atoms. The van der Waals surface area contributed by atoms with Crippen molar-refractivity contribution in [2.24, 2.45) is 11.8 Å². The summed E-state index contributed by atoms with van der Waals surface area (Å²) in [6.07, 6.45) is 0.495. The van der Waals surface area contributed by atoms with E-state index >= 15 is 0 Å². The standard InChI is InChI=1S/C25H37NO6SSi2/c1-16-10-12-17(13-11-16)33(29,30)26-15-14-18-21(26)23(35(7,8)9)20(25(28)32-3)19(24(27)31-2)22(18)34(4,5)6/h10-13,19-20H,14-15H2,1-9H3. The Hall–Kier alpha value is -2.18. The van der Waals surface area contributed by atoms with Gasteiger partial charge in [0.1, 0.15) is 0 Å². The van der Waals surface area contributed by atoms with Gasteiger partial charge in [0.2, 0.25) is 0 Å². The largest absolute Gasteiger partial charge is 0.469 e. The fourth-order valence-corrected chi connectivity index (χ4v) is 11.6. The minimum atomic E-state index is -3.88. The predicted octanol–water partition coefficient (Wildman–Crippen LogP) is 4.29. The number of benzene rings is 1. The number of sulfonamides is 1. The molecule has 1 aromatic rings. The van der Waals surface area contributed by atoms with Crippen LogP contribution in [0.15, 0.2) is 50.8 Å². The zero-order chi connectivity index (χ0) is 26.5. The molecule has 1 fully saturated rings. The van der Waals surface area contributed by atoms with Crippen LogP contribution in [0.25, 0.3) is 0 Å². The lowest BCUT2D eigenvalue weighted by Gasteiger charge is -2.43. The molecular formula is C25H37NO6SSi2. The van der Waals surface area contributed by atoms with E-state index in [0.717, 1.165) is 21.5 Å². The summed E-state index contributed by atoms with van der Waals surface area (Å²) in [6.45, 7) is 14.8. The van der Waals surface area contributed by atoms with E-state index in [4.69, 9.17) is 9.47 Å². The second-order valence-corrected chi connectivity index (χ2v) is 23.2. The van der Waals surface area contributed by atoms with Gasteiger partial charge in [-0.25, -0.2) is 8.42 Å².